The summed E-state index contributed by atoms with van der Waals surface area (Å²) in [5.74, 6) is -0.0382. The molecule has 0 N–H and O–H groups in total. The fourth-order valence-corrected chi connectivity index (χ4v) is 5.26. The molecule has 1 aliphatic rings. The normalized spacial score (nSPS) is 18.5. The molecule has 0 spiro atoms. The van der Waals surface area contributed by atoms with E-state index in [2.05, 4.69) is 6.92 Å². The summed E-state index contributed by atoms with van der Waals surface area (Å²) >= 11 is 5.22. The molecule has 0 radical (unpaired) electrons. The van der Waals surface area contributed by atoms with E-state index in [1.165, 1.54) is 0 Å². The van der Waals surface area contributed by atoms with Gasteiger partial charge in [-0.3, -0.25) is 0 Å². The number of ether oxygens (including phenoxy) is 1. The lowest BCUT2D eigenvalue weighted by atomic mass is 10.4. The van der Waals surface area contributed by atoms with Crippen molar-refractivity contribution < 1.29 is 9.53 Å². The highest BCUT2D eigenvalue weighted by Gasteiger charge is 2.23. The second kappa shape index (κ2) is 6.90. The summed E-state index contributed by atoms with van der Waals surface area (Å²) in [6.07, 6.45) is 2.05. The quantitative estimate of drug-likeness (QED) is 0.554. The van der Waals surface area contributed by atoms with Crippen LogP contribution in [0.4, 0.5) is 0 Å². The standard InChI is InChI=1S/C8H14O2S3/c1-2-3-4-10-7(9)8-12-5-11-6-13-8/h8H,2-6H2,1H3. The smallest absolute Gasteiger partial charge is 0.329 e. The Kier molecular flexibility index (Phi) is 6.15. The van der Waals surface area contributed by atoms with Gasteiger partial charge < -0.3 is 4.74 Å². The lowest BCUT2D eigenvalue weighted by molar-refractivity contribution is -0.141. The molecular formula is C8H14O2S3. The second-order valence-electron chi connectivity index (χ2n) is 2.63. The number of unbranched alkanes of at least 4 members (excludes halogenated alkanes) is 1. The van der Waals surface area contributed by atoms with Crippen molar-refractivity contribution in [2.45, 2.75) is 24.3 Å². The van der Waals surface area contributed by atoms with Crippen molar-refractivity contribution in [1.82, 2.24) is 0 Å². The maximum absolute atomic E-state index is 11.4. The number of thioether (sulfide) groups is 3. The Bertz CT molecular complexity index is 157. The van der Waals surface area contributed by atoms with Gasteiger partial charge in [-0.2, -0.15) is 0 Å². The van der Waals surface area contributed by atoms with Gasteiger partial charge in [-0.1, -0.05) is 13.3 Å². The Hall–Kier alpha value is 0.520. The van der Waals surface area contributed by atoms with Crippen LogP contribution >= 0.6 is 35.3 Å². The van der Waals surface area contributed by atoms with Crippen molar-refractivity contribution in [3.05, 3.63) is 0 Å². The molecule has 13 heavy (non-hydrogen) atoms. The monoisotopic (exact) mass is 238 g/mol. The number of hydrogen-bond donors (Lipinski definition) is 0. The Morgan fingerprint density at radius 3 is 2.77 bits per heavy atom. The van der Waals surface area contributed by atoms with Crippen LogP contribution in [0.1, 0.15) is 19.8 Å². The minimum atomic E-state index is -0.0382. The predicted octanol–water partition coefficient (Wildman–Crippen LogP) is 2.78. The van der Waals surface area contributed by atoms with Gasteiger partial charge in [0.15, 0.2) is 0 Å². The van der Waals surface area contributed by atoms with Gasteiger partial charge in [0.2, 0.25) is 0 Å². The van der Waals surface area contributed by atoms with Crippen molar-refractivity contribution in [1.29, 1.82) is 0 Å². The summed E-state index contributed by atoms with van der Waals surface area (Å²) in [5.41, 5.74) is 0. The third-order valence-corrected chi connectivity index (χ3v) is 5.77. The van der Waals surface area contributed by atoms with Crippen molar-refractivity contribution >= 4 is 41.3 Å². The molecule has 1 saturated heterocycles. The summed E-state index contributed by atoms with van der Waals surface area (Å²) in [6.45, 7) is 2.68. The van der Waals surface area contributed by atoms with Gasteiger partial charge in [-0.15, -0.1) is 35.3 Å². The van der Waals surface area contributed by atoms with E-state index < -0.39 is 0 Å². The van der Waals surface area contributed by atoms with Gasteiger partial charge in [0.25, 0.3) is 0 Å². The molecule has 0 atom stereocenters. The van der Waals surface area contributed by atoms with Gasteiger partial charge in [0.05, 0.1) is 6.61 Å². The van der Waals surface area contributed by atoms with Gasteiger partial charge in [0, 0.05) is 10.2 Å². The summed E-state index contributed by atoms with van der Waals surface area (Å²) in [6, 6.07) is 0. The Morgan fingerprint density at radius 1 is 1.46 bits per heavy atom. The predicted molar refractivity (Wildman–Crippen MR) is 62.2 cm³/mol. The molecule has 0 amide bonds. The van der Waals surface area contributed by atoms with E-state index in [0.717, 1.165) is 23.0 Å². The van der Waals surface area contributed by atoms with E-state index in [0.29, 0.717) is 6.61 Å². The second-order valence-corrected chi connectivity index (χ2v) is 6.83. The number of esters is 1. The minimum Gasteiger partial charge on any atom is -0.464 e. The average molecular weight is 238 g/mol. The maximum Gasteiger partial charge on any atom is 0.329 e. The van der Waals surface area contributed by atoms with Crippen LogP contribution in [0.15, 0.2) is 0 Å². The molecule has 0 aromatic heterocycles. The summed E-state index contributed by atoms with van der Waals surface area (Å²) in [4.78, 5) is 11.4. The van der Waals surface area contributed by atoms with Crippen LogP contribution in [-0.4, -0.2) is 27.3 Å². The van der Waals surface area contributed by atoms with Crippen molar-refractivity contribution in [2.75, 3.05) is 16.8 Å². The molecule has 0 unspecified atom stereocenters. The summed E-state index contributed by atoms with van der Waals surface area (Å²) < 4.78 is 5.16. The lowest BCUT2D eigenvalue weighted by Crippen LogP contribution is -2.20. The van der Waals surface area contributed by atoms with E-state index >= 15 is 0 Å². The Morgan fingerprint density at radius 2 is 2.15 bits per heavy atom. The fourth-order valence-electron chi connectivity index (χ4n) is 0.823. The van der Waals surface area contributed by atoms with Crippen LogP contribution in [-0.2, 0) is 9.53 Å². The first-order valence-electron chi connectivity index (χ1n) is 4.32. The van der Waals surface area contributed by atoms with Crippen molar-refractivity contribution in [3.63, 3.8) is 0 Å². The average Bonchev–Trinajstić information content (AvgIpc) is 2.19. The molecule has 1 rings (SSSR count). The highest BCUT2D eigenvalue weighted by molar-refractivity contribution is 8.33. The number of carbonyl (C=O) groups excluding carboxylic acids is 1. The van der Waals surface area contributed by atoms with Crippen molar-refractivity contribution in [3.8, 4) is 0 Å². The molecular weight excluding hydrogens is 224 g/mol. The van der Waals surface area contributed by atoms with Crippen LogP contribution in [0.5, 0.6) is 0 Å². The number of rotatable bonds is 4. The molecule has 76 valence electrons. The van der Waals surface area contributed by atoms with Crippen LogP contribution in [0.2, 0.25) is 0 Å². The topological polar surface area (TPSA) is 26.3 Å². The zero-order valence-electron chi connectivity index (χ0n) is 7.65. The summed E-state index contributed by atoms with van der Waals surface area (Å²) in [5, 5.41) is 2.03. The zero-order chi connectivity index (χ0) is 9.52. The molecule has 1 heterocycles. The number of carbonyl (C=O) groups is 1. The largest absolute Gasteiger partial charge is 0.464 e. The Balaban J connectivity index is 2.13. The molecule has 0 aliphatic carbocycles. The highest BCUT2D eigenvalue weighted by Crippen LogP contribution is 2.36. The maximum atomic E-state index is 11.4. The first kappa shape index (κ1) is 11.6. The third kappa shape index (κ3) is 4.51. The zero-order valence-corrected chi connectivity index (χ0v) is 10.1. The van der Waals surface area contributed by atoms with E-state index in [9.17, 15) is 4.79 Å². The molecule has 5 heteroatoms. The van der Waals surface area contributed by atoms with Gasteiger partial charge in [-0.05, 0) is 6.42 Å². The van der Waals surface area contributed by atoms with E-state index in [-0.39, 0.29) is 10.6 Å². The minimum absolute atomic E-state index is 0.0260. The molecule has 2 nitrogen and oxygen atoms in total. The molecule has 1 aliphatic heterocycles. The SMILES string of the molecule is CCCCOC(=O)C1SCSCS1. The van der Waals surface area contributed by atoms with Gasteiger partial charge in [-0.25, -0.2) is 4.79 Å². The van der Waals surface area contributed by atoms with Crippen LogP contribution in [0.25, 0.3) is 0 Å². The fraction of sp³-hybridized carbons (Fsp3) is 0.875. The molecule has 1 fully saturated rings. The number of hydrogen-bond acceptors (Lipinski definition) is 5. The Labute approximate surface area is 91.9 Å². The first-order valence-corrected chi connectivity index (χ1v) is 7.57. The highest BCUT2D eigenvalue weighted by atomic mass is 32.3. The van der Waals surface area contributed by atoms with Gasteiger partial charge >= 0.3 is 5.97 Å². The lowest BCUT2D eigenvalue weighted by Gasteiger charge is -2.18. The van der Waals surface area contributed by atoms with E-state index in [4.69, 9.17) is 4.74 Å². The molecule has 0 aromatic rings. The molecule has 0 bridgehead atoms. The van der Waals surface area contributed by atoms with Crippen LogP contribution < -0.4 is 0 Å². The van der Waals surface area contributed by atoms with Crippen LogP contribution in [0.3, 0.4) is 0 Å². The third-order valence-electron chi connectivity index (χ3n) is 1.54. The first-order chi connectivity index (χ1) is 6.34. The summed E-state index contributed by atoms with van der Waals surface area (Å²) in [7, 11) is 0. The van der Waals surface area contributed by atoms with Gasteiger partial charge in [0.1, 0.15) is 4.58 Å². The van der Waals surface area contributed by atoms with Crippen LogP contribution in [0, 0.1) is 0 Å². The van der Waals surface area contributed by atoms with Crippen molar-refractivity contribution in [2.24, 2.45) is 0 Å². The molecule has 0 saturated carbocycles. The van der Waals surface area contributed by atoms with E-state index in [1.807, 2.05) is 11.8 Å². The van der Waals surface area contributed by atoms with E-state index in [1.54, 1.807) is 23.5 Å². The molecule has 0 aromatic carbocycles.